The van der Waals surface area contributed by atoms with E-state index in [9.17, 15) is 0 Å². The van der Waals surface area contributed by atoms with E-state index in [-0.39, 0.29) is 24.0 Å². The number of guanidine groups is 1. The van der Waals surface area contributed by atoms with Crippen LogP contribution >= 0.6 is 24.0 Å². The van der Waals surface area contributed by atoms with Crippen LogP contribution in [-0.2, 0) is 13.6 Å². The van der Waals surface area contributed by atoms with Crippen LogP contribution in [0.3, 0.4) is 0 Å². The first kappa shape index (κ1) is 21.2. The summed E-state index contributed by atoms with van der Waals surface area (Å²) in [4.78, 5) is 4.35. The fourth-order valence-corrected chi connectivity index (χ4v) is 3.70. The summed E-state index contributed by atoms with van der Waals surface area (Å²) in [5.74, 6) is 3.43. The molecule has 0 bridgehead atoms. The Balaban J connectivity index is 0.00000288. The Hall–Kier alpha value is -0.860. The van der Waals surface area contributed by atoms with Gasteiger partial charge in [0.2, 0.25) is 0 Å². The lowest BCUT2D eigenvalue weighted by molar-refractivity contribution is 0.234. The summed E-state index contributed by atoms with van der Waals surface area (Å²) in [7, 11) is 3.81. The normalized spacial score (nSPS) is 17.0. The van der Waals surface area contributed by atoms with Gasteiger partial charge in [-0.3, -0.25) is 4.99 Å². The van der Waals surface area contributed by atoms with Gasteiger partial charge in [0, 0.05) is 20.6 Å². The van der Waals surface area contributed by atoms with E-state index in [1.165, 1.54) is 32.1 Å². The van der Waals surface area contributed by atoms with E-state index in [0.29, 0.717) is 12.0 Å². The van der Waals surface area contributed by atoms with Crippen molar-refractivity contribution in [1.82, 2.24) is 25.4 Å². The quantitative estimate of drug-likeness (QED) is 0.399. The van der Waals surface area contributed by atoms with Crippen molar-refractivity contribution in [2.45, 2.75) is 59.4 Å². The second-order valence-corrected chi connectivity index (χ2v) is 7.31. The van der Waals surface area contributed by atoms with Crippen LogP contribution in [0.1, 0.15) is 57.6 Å². The molecule has 1 saturated carbocycles. The lowest BCUT2D eigenvalue weighted by Crippen LogP contribution is -2.43. The van der Waals surface area contributed by atoms with Gasteiger partial charge in [0.1, 0.15) is 5.82 Å². The standard InChI is InChI=1S/C17H32N6.HI/c1-13(2)10-17(8-6-7-9-17)12-20-16(18-4)19-11-15-22-21-14(3)23(15)5;/h13H,6-12H2,1-5H3,(H2,18,19,20);1H. The van der Waals surface area contributed by atoms with Crippen LogP contribution in [0.2, 0.25) is 0 Å². The molecule has 1 aliphatic carbocycles. The van der Waals surface area contributed by atoms with Gasteiger partial charge >= 0.3 is 0 Å². The molecule has 2 N–H and O–H groups in total. The number of aromatic nitrogens is 3. The third kappa shape index (κ3) is 5.60. The van der Waals surface area contributed by atoms with Crippen LogP contribution in [0, 0.1) is 18.3 Å². The number of halogens is 1. The first-order valence-electron chi connectivity index (χ1n) is 8.75. The van der Waals surface area contributed by atoms with Crippen molar-refractivity contribution in [1.29, 1.82) is 0 Å². The SMILES string of the molecule is CN=C(NCc1nnc(C)n1C)NCC1(CC(C)C)CCCC1.I. The minimum atomic E-state index is 0. The lowest BCUT2D eigenvalue weighted by atomic mass is 9.78. The van der Waals surface area contributed by atoms with Crippen LogP contribution in [-0.4, -0.2) is 34.3 Å². The number of hydrogen-bond acceptors (Lipinski definition) is 3. The van der Waals surface area contributed by atoms with Gasteiger partial charge in [-0.25, -0.2) is 0 Å². The summed E-state index contributed by atoms with van der Waals surface area (Å²) in [5, 5.41) is 15.2. The third-order valence-corrected chi connectivity index (χ3v) is 4.96. The van der Waals surface area contributed by atoms with Crippen LogP contribution in [0.25, 0.3) is 0 Å². The molecule has 0 amide bonds. The Morgan fingerprint density at radius 3 is 2.42 bits per heavy atom. The second kappa shape index (κ2) is 9.58. The van der Waals surface area contributed by atoms with E-state index in [2.05, 4.69) is 39.7 Å². The molecule has 0 aliphatic heterocycles. The van der Waals surface area contributed by atoms with Gasteiger partial charge in [-0.2, -0.15) is 0 Å². The molecule has 1 fully saturated rings. The maximum absolute atomic E-state index is 4.35. The first-order chi connectivity index (χ1) is 11.0. The number of aliphatic imine (C=N–C) groups is 1. The maximum atomic E-state index is 4.35. The molecule has 1 aromatic rings. The average molecular weight is 448 g/mol. The highest BCUT2D eigenvalue weighted by Crippen LogP contribution is 2.42. The highest BCUT2D eigenvalue weighted by atomic mass is 127. The molecule has 1 aliphatic rings. The molecule has 0 saturated heterocycles. The van der Waals surface area contributed by atoms with Crippen molar-refractivity contribution < 1.29 is 0 Å². The minimum Gasteiger partial charge on any atom is -0.356 e. The van der Waals surface area contributed by atoms with Gasteiger partial charge in [-0.05, 0) is 37.5 Å². The van der Waals surface area contributed by atoms with Crippen molar-refractivity contribution in [3.05, 3.63) is 11.6 Å². The topological polar surface area (TPSA) is 67.1 Å². The average Bonchev–Trinajstić information content (AvgIpc) is 3.08. The summed E-state index contributed by atoms with van der Waals surface area (Å²) in [5.41, 5.74) is 0.438. The first-order valence-corrected chi connectivity index (χ1v) is 8.75. The van der Waals surface area contributed by atoms with Gasteiger partial charge < -0.3 is 15.2 Å². The van der Waals surface area contributed by atoms with Crippen LogP contribution in [0.15, 0.2) is 4.99 Å². The summed E-state index contributed by atoms with van der Waals surface area (Å²) < 4.78 is 2.00. The molecular weight excluding hydrogens is 415 g/mol. The van der Waals surface area contributed by atoms with Gasteiger partial charge in [0.05, 0.1) is 6.54 Å². The summed E-state index contributed by atoms with van der Waals surface area (Å²) in [6.45, 7) is 8.24. The van der Waals surface area contributed by atoms with Gasteiger partial charge in [0.25, 0.3) is 0 Å². The molecule has 7 heteroatoms. The smallest absolute Gasteiger partial charge is 0.191 e. The number of aryl methyl sites for hydroxylation is 1. The fraction of sp³-hybridized carbons (Fsp3) is 0.824. The Labute approximate surface area is 163 Å². The Kier molecular flexibility index (Phi) is 8.45. The fourth-order valence-electron chi connectivity index (χ4n) is 3.70. The largest absolute Gasteiger partial charge is 0.356 e. The predicted octanol–water partition coefficient (Wildman–Crippen LogP) is 3.01. The van der Waals surface area contributed by atoms with Crippen molar-refractivity contribution >= 4 is 29.9 Å². The summed E-state index contributed by atoms with van der Waals surface area (Å²) in [6.07, 6.45) is 6.67. The van der Waals surface area contributed by atoms with Gasteiger partial charge in [-0.1, -0.05) is 26.7 Å². The Morgan fingerprint density at radius 1 is 1.25 bits per heavy atom. The van der Waals surface area contributed by atoms with Gasteiger partial charge in [-0.15, -0.1) is 34.2 Å². The third-order valence-electron chi connectivity index (χ3n) is 4.96. The molecule has 0 aromatic carbocycles. The van der Waals surface area contributed by atoms with Crippen LogP contribution in [0.5, 0.6) is 0 Å². The molecule has 0 spiro atoms. The molecule has 2 rings (SSSR count). The zero-order valence-corrected chi connectivity index (χ0v) is 18.1. The second-order valence-electron chi connectivity index (χ2n) is 7.31. The van der Waals surface area contributed by atoms with Crippen LogP contribution in [0.4, 0.5) is 0 Å². The van der Waals surface area contributed by atoms with Crippen molar-refractivity contribution in [2.75, 3.05) is 13.6 Å². The molecule has 0 atom stereocenters. The van der Waals surface area contributed by atoms with Gasteiger partial charge in [0.15, 0.2) is 11.8 Å². The molecule has 0 unspecified atom stereocenters. The number of nitrogens with zero attached hydrogens (tertiary/aromatic N) is 4. The molecule has 0 radical (unpaired) electrons. The highest BCUT2D eigenvalue weighted by Gasteiger charge is 2.34. The number of hydrogen-bond donors (Lipinski definition) is 2. The number of nitrogens with one attached hydrogen (secondary N) is 2. The molecular formula is C17H33IN6. The van der Waals surface area contributed by atoms with E-state index >= 15 is 0 Å². The molecule has 24 heavy (non-hydrogen) atoms. The predicted molar refractivity (Wildman–Crippen MR) is 110 cm³/mol. The maximum Gasteiger partial charge on any atom is 0.191 e. The molecule has 138 valence electrons. The van der Waals surface area contributed by atoms with Crippen molar-refractivity contribution in [3.63, 3.8) is 0 Å². The van der Waals surface area contributed by atoms with Crippen LogP contribution < -0.4 is 10.6 Å². The van der Waals surface area contributed by atoms with E-state index < -0.39 is 0 Å². The number of rotatable bonds is 6. The lowest BCUT2D eigenvalue weighted by Gasteiger charge is -2.31. The highest BCUT2D eigenvalue weighted by molar-refractivity contribution is 14.0. The minimum absolute atomic E-state index is 0. The van der Waals surface area contributed by atoms with E-state index in [1.807, 2.05) is 25.6 Å². The van der Waals surface area contributed by atoms with E-state index in [0.717, 1.165) is 30.1 Å². The Morgan fingerprint density at radius 2 is 1.92 bits per heavy atom. The monoisotopic (exact) mass is 448 g/mol. The summed E-state index contributed by atoms with van der Waals surface area (Å²) in [6, 6.07) is 0. The van der Waals surface area contributed by atoms with Crippen molar-refractivity contribution in [3.8, 4) is 0 Å². The molecule has 6 nitrogen and oxygen atoms in total. The zero-order valence-electron chi connectivity index (χ0n) is 15.7. The van der Waals surface area contributed by atoms with E-state index in [4.69, 9.17) is 0 Å². The summed E-state index contributed by atoms with van der Waals surface area (Å²) >= 11 is 0. The van der Waals surface area contributed by atoms with E-state index in [1.54, 1.807) is 0 Å². The van der Waals surface area contributed by atoms with Crippen molar-refractivity contribution in [2.24, 2.45) is 23.4 Å². The molecule has 1 heterocycles. The zero-order chi connectivity index (χ0) is 16.9. The Bertz CT molecular complexity index is 531. The molecule has 1 aromatic heterocycles.